The van der Waals surface area contributed by atoms with Gasteiger partial charge in [0.15, 0.2) is 11.6 Å². The summed E-state index contributed by atoms with van der Waals surface area (Å²) in [6, 6.07) is 4.51. The fourth-order valence-corrected chi connectivity index (χ4v) is 3.99. The van der Waals surface area contributed by atoms with Gasteiger partial charge in [-0.15, -0.1) is 0 Å². The number of hydrogen-bond donors (Lipinski definition) is 1. The Balaban J connectivity index is 1.95. The number of halogens is 2. The number of nitrogens with zero attached hydrogens (tertiary/aromatic N) is 1. The summed E-state index contributed by atoms with van der Waals surface area (Å²) in [5.41, 5.74) is 1.59. The Labute approximate surface area is 163 Å². The second-order valence-electron chi connectivity index (χ2n) is 7.14. The van der Waals surface area contributed by atoms with Crippen LogP contribution in [-0.4, -0.2) is 23.7 Å². The van der Waals surface area contributed by atoms with Gasteiger partial charge in [-0.1, -0.05) is 19.9 Å². The van der Waals surface area contributed by atoms with Gasteiger partial charge in [0.05, 0.1) is 34.8 Å². The molecule has 1 aromatic heterocycles. The molecule has 1 N–H and O–H groups in total. The number of anilines is 1. The molecular weight excluding hydrogens is 419 g/mol. The third kappa shape index (κ3) is 3.06. The second kappa shape index (κ2) is 6.76. The van der Waals surface area contributed by atoms with E-state index >= 15 is 0 Å². The quantitative estimate of drug-likeness (QED) is 0.797. The summed E-state index contributed by atoms with van der Waals surface area (Å²) in [6.45, 7) is 4.73. The Kier molecular flexibility index (Phi) is 4.55. The van der Waals surface area contributed by atoms with E-state index < -0.39 is 17.4 Å². The maximum absolute atomic E-state index is 13.8. The lowest BCUT2D eigenvalue weighted by atomic mass is 9.80. The molecule has 27 heavy (non-hydrogen) atoms. The number of ether oxygens (including phenoxy) is 1. The lowest BCUT2D eigenvalue weighted by Crippen LogP contribution is -2.34. The van der Waals surface area contributed by atoms with Crippen LogP contribution in [-0.2, 0) is 16.1 Å². The van der Waals surface area contributed by atoms with E-state index in [2.05, 4.69) is 21.2 Å². The van der Waals surface area contributed by atoms with Crippen LogP contribution in [0.15, 0.2) is 43.3 Å². The minimum Gasteiger partial charge on any atom is -0.367 e. The van der Waals surface area contributed by atoms with Gasteiger partial charge >= 0.3 is 5.63 Å². The maximum atomic E-state index is 13.8. The minimum absolute atomic E-state index is 0.0489. The first-order valence-corrected chi connectivity index (χ1v) is 9.46. The molecule has 2 aromatic rings. The van der Waals surface area contributed by atoms with Gasteiger partial charge in [-0.25, -0.2) is 9.18 Å². The van der Waals surface area contributed by atoms with E-state index in [0.717, 1.165) is 0 Å². The number of aromatic nitrogens is 1. The van der Waals surface area contributed by atoms with Gasteiger partial charge in [0.25, 0.3) is 0 Å². The van der Waals surface area contributed by atoms with Crippen molar-refractivity contribution in [2.75, 3.05) is 18.5 Å². The molecule has 6 nitrogen and oxygen atoms in total. The van der Waals surface area contributed by atoms with E-state index in [-0.39, 0.29) is 29.4 Å². The molecule has 0 radical (unpaired) electrons. The zero-order valence-corrected chi connectivity index (χ0v) is 16.4. The number of rotatable bonds is 3. The van der Waals surface area contributed by atoms with Crippen LogP contribution in [0.3, 0.4) is 0 Å². The number of nitrogens with one attached hydrogen (secondary N) is 1. The van der Waals surface area contributed by atoms with Crippen LogP contribution in [0.25, 0.3) is 0 Å². The summed E-state index contributed by atoms with van der Waals surface area (Å²) in [6.07, 6.45) is 0. The Morgan fingerprint density at radius 1 is 1.33 bits per heavy atom. The van der Waals surface area contributed by atoms with E-state index in [4.69, 9.17) is 9.26 Å². The van der Waals surface area contributed by atoms with Gasteiger partial charge in [0.2, 0.25) is 0 Å². The molecule has 0 saturated heterocycles. The molecule has 1 aromatic carbocycles. The van der Waals surface area contributed by atoms with Crippen LogP contribution in [0.4, 0.5) is 10.2 Å². The van der Waals surface area contributed by atoms with Gasteiger partial charge < -0.3 is 14.6 Å². The van der Waals surface area contributed by atoms with E-state index in [9.17, 15) is 14.0 Å². The molecule has 3 heterocycles. The third-order valence-corrected chi connectivity index (χ3v) is 5.28. The molecule has 2 aliphatic rings. The van der Waals surface area contributed by atoms with Crippen molar-refractivity contribution >= 4 is 27.5 Å². The van der Waals surface area contributed by atoms with Crippen molar-refractivity contribution in [1.82, 2.24) is 4.74 Å². The smallest absolute Gasteiger partial charge is 0.363 e. The van der Waals surface area contributed by atoms with Gasteiger partial charge in [-0.05, 0) is 39.5 Å². The SMILES string of the molecule is CC(C)Cn1oc(=O)c2c1NC1=C(C(=O)COC1)C2c1ccc(F)c(Br)c1. The molecule has 0 fully saturated rings. The highest BCUT2D eigenvalue weighted by Gasteiger charge is 2.40. The van der Waals surface area contributed by atoms with E-state index in [1.54, 1.807) is 12.1 Å². The fraction of sp³-hybridized carbons (Fsp3) is 0.368. The maximum Gasteiger partial charge on any atom is 0.363 e. The molecule has 0 spiro atoms. The minimum atomic E-state index is -0.630. The largest absolute Gasteiger partial charge is 0.367 e. The van der Waals surface area contributed by atoms with Crippen molar-refractivity contribution in [2.45, 2.75) is 26.3 Å². The molecule has 2 aliphatic heterocycles. The zero-order chi connectivity index (χ0) is 19.3. The molecule has 1 unspecified atom stereocenters. The van der Waals surface area contributed by atoms with Crippen LogP contribution >= 0.6 is 15.9 Å². The van der Waals surface area contributed by atoms with Gasteiger partial charge in [-0.2, -0.15) is 4.74 Å². The van der Waals surface area contributed by atoms with Crippen molar-refractivity contribution in [3.8, 4) is 0 Å². The van der Waals surface area contributed by atoms with Crippen molar-refractivity contribution in [3.63, 3.8) is 0 Å². The summed E-state index contributed by atoms with van der Waals surface area (Å²) in [5.74, 6) is -0.462. The van der Waals surface area contributed by atoms with Crippen LogP contribution in [0.5, 0.6) is 0 Å². The topological polar surface area (TPSA) is 73.5 Å². The number of ketones is 1. The van der Waals surface area contributed by atoms with Crippen LogP contribution < -0.4 is 10.9 Å². The second-order valence-corrected chi connectivity index (χ2v) is 7.99. The lowest BCUT2D eigenvalue weighted by Gasteiger charge is -2.31. The van der Waals surface area contributed by atoms with Gasteiger partial charge in [0, 0.05) is 5.57 Å². The Morgan fingerprint density at radius 3 is 2.81 bits per heavy atom. The van der Waals surface area contributed by atoms with E-state index in [1.807, 2.05) is 13.8 Å². The number of carbonyl (C=O) groups excluding carboxylic acids is 1. The van der Waals surface area contributed by atoms with Crippen molar-refractivity contribution in [3.05, 3.63) is 61.3 Å². The molecule has 4 rings (SSSR count). The number of benzene rings is 1. The zero-order valence-electron chi connectivity index (χ0n) is 14.8. The summed E-state index contributed by atoms with van der Waals surface area (Å²) < 4.78 is 26.4. The molecule has 0 amide bonds. The average molecular weight is 437 g/mol. The first-order valence-electron chi connectivity index (χ1n) is 8.66. The monoisotopic (exact) mass is 436 g/mol. The van der Waals surface area contributed by atoms with Crippen molar-refractivity contribution in [1.29, 1.82) is 0 Å². The standard InChI is InChI=1S/C19H18BrFN2O4/c1-9(2)6-23-18-17(19(25)27-23)15(10-3-4-12(21)11(20)5-10)16-13(22-18)7-26-8-14(16)24/h3-5,9,15,22H,6-8H2,1-2H3. The Bertz CT molecular complexity index is 1020. The molecule has 0 bridgehead atoms. The molecule has 1 atom stereocenters. The van der Waals surface area contributed by atoms with Crippen LogP contribution in [0.2, 0.25) is 0 Å². The molecular formula is C19H18BrFN2O4. The predicted octanol–water partition coefficient (Wildman–Crippen LogP) is 3.41. The fourth-order valence-electron chi connectivity index (χ4n) is 3.59. The number of carbonyl (C=O) groups is 1. The number of fused-ring (bicyclic) bond motifs is 1. The summed E-state index contributed by atoms with van der Waals surface area (Å²) in [7, 11) is 0. The van der Waals surface area contributed by atoms with Crippen molar-refractivity contribution < 1.29 is 18.4 Å². The molecule has 8 heteroatoms. The number of Topliss-reactive ketones (excluding diaryl/α,β-unsaturated/α-hetero) is 1. The summed E-state index contributed by atoms with van der Waals surface area (Å²) in [5, 5.41) is 3.17. The van der Waals surface area contributed by atoms with Crippen LogP contribution in [0, 0.1) is 11.7 Å². The number of hydrogen-bond acceptors (Lipinski definition) is 5. The molecule has 142 valence electrons. The van der Waals surface area contributed by atoms with Crippen molar-refractivity contribution in [2.24, 2.45) is 5.92 Å². The predicted molar refractivity (Wildman–Crippen MR) is 100 cm³/mol. The third-order valence-electron chi connectivity index (χ3n) is 4.68. The van der Waals surface area contributed by atoms with E-state index in [1.165, 1.54) is 10.8 Å². The highest BCUT2D eigenvalue weighted by Crippen LogP contribution is 2.42. The average Bonchev–Trinajstić information content (AvgIpc) is 2.91. The van der Waals surface area contributed by atoms with Gasteiger partial charge in [-0.3, -0.25) is 4.79 Å². The van der Waals surface area contributed by atoms with Crippen LogP contribution in [0.1, 0.15) is 30.9 Å². The van der Waals surface area contributed by atoms with Gasteiger partial charge in [0.1, 0.15) is 12.4 Å². The highest BCUT2D eigenvalue weighted by atomic mass is 79.9. The highest BCUT2D eigenvalue weighted by molar-refractivity contribution is 9.10. The molecule has 0 saturated carbocycles. The first-order chi connectivity index (χ1) is 12.9. The lowest BCUT2D eigenvalue weighted by molar-refractivity contribution is -0.121. The normalized spacial score (nSPS) is 19.1. The van der Waals surface area contributed by atoms with E-state index in [0.29, 0.717) is 34.8 Å². The first kappa shape index (κ1) is 18.2. The Hall–Kier alpha value is -2.19. The summed E-state index contributed by atoms with van der Waals surface area (Å²) >= 11 is 3.19. The Morgan fingerprint density at radius 2 is 2.11 bits per heavy atom. The molecule has 0 aliphatic carbocycles. The summed E-state index contributed by atoms with van der Waals surface area (Å²) in [4.78, 5) is 25.3.